The van der Waals surface area contributed by atoms with E-state index in [1.807, 2.05) is 24.3 Å². The molecule has 2 amide bonds. The Morgan fingerprint density at radius 1 is 1.04 bits per heavy atom. The molecule has 2 aliphatic carbocycles. The molecule has 126 valence electrons. The number of amides is 2. The van der Waals surface area contributed by atoms with Crippen LogP contribution in [0.3, 0.4) is 0 Å². The van der Waals surface area contributed by atoms with Crippen LogP contribution in [0.5, 0.6) is 5.75 Å². The third kappa shape index (κ3) is 4.61. The number of aliphatic hydroxyl groups excluding tert-OH is 1. The molecule has 0 aromatic heterocycles. The maximum absolute atomic E-state index is 12.2. The Kier molecular flexibility index (Phi) is 5.39. The molecule has 23 heavy (non-hydrogen) atoms. The molecule has 0 heterocycles. The zero-order valence-electron chi connectivity index (χ0n) is 13.5. The highest BCUT2D eigenvalue weighted by Crippen LogP contribution is 2.29. The van der Waals surface area contributed by atoms with Gasteiger partial charge in [-0.2, -0.15) is 0 Å². The Balaban J connectivity index is 1.55. The van der Waals surface area contributed by atoms with Crippen molar-refractivity contribution in [1.82, 2.24) is 5.32 Å². The van der Waals surface area contributed by atoms with Crippen LogP contribution >= 0.6 is 0 Å². The molecule has 1 aromatic rings. The fourth-order valence-electron chi connectivity index (χ4n) is 3.42. The molecule has 0 saturated heterocycles. The number of hydrogen-bond acceptors (Lipinski definition) is 3. The first-order chi connectivity index (χ1) is 11.2. The number of carbonyl (C=O) groups is 1. The van der Waals surface area contributed by atoms with E-state index in [1.165, 1.54) is 12.8 Å². The molecule has 5 heteroatoms. The smallest absolute Gasteiger partial charge is 0.319 e. The summed E-state index contributed by atoms with van der Waals surface area (Å²) in [6, 6.07) is 7.54. The monoisotopic (exact) mass is 318 g/mol. The molecule has 2 saturated carbocycles. The number of carbonyl (C=O) groups excluding carboxylic acids is 1. The molecule has 0 spiro atoms. The van der Waals surface area contributed by atoms with E-state index < -0.39 is 0 Å². The second-order valence-corrected chi connectivity index (χ2v) is 6.62. The van der Waals surface area contributed by atoms with Crippen LogP contribution in [0.15, 0.2) is 24.3 Å². The maximum Gasteiger partial charge on any atom is 0.319 e. The predicted molar refractivity (Wildman–Crippen MR) is 89.7 cm³/mol. The van der Waals surface area contributed by atoms with Crippen LogP contribution < -0.4 is 15.4 Å². The highest BCUT2D eigenvalue weighted by atomic mass is 16.5. The Labute approximate surface area is 137 Å². The third-order valence-corrected chi connectivity index (χ3v) is 4.76. The van der Waals surface area contributed by atoms with Gasteiger partial charge in [-0.1, -0.05) is 12.1 Å². The second kappa shape index (κ2) is 7.68. The van der Waals surface area contributed by atoms with E-state index in [0.29, 0.717) is 5.69 Å². The number of rotatable bonds is 4. The molecular weight excluding hydrogens is 292 g/mol. The van der Waals surface area contributed by atoms with Crippen LogP contribution in [0, 0.1) is 0 Å². The van der Waals surface area contributed by atoms with Gasteiger partial charge < -0.3 is 20.5 Å². The Morgan fingerprint density at radius 3 is 2.48 bits per heavy atom. The average molecular weight is 318 g/mol. The minimum Gasteiger partial charge on any atom is -0.488 e. The van der Waals surface area contributed by atoms with Crippen LogP contribution in [0.2, 0.25) is 0 Å². The average Bonchev–Trinajstić information content (AvgIpc) is 3.05. The van der Waals surface area contributed by atoms with Crippen molar-refractivity contribution in [2.24, 2.45) is 0 Å². The lowest BCUT2D eigenvalue weighted by Gasteiger charge is -2.26. The maximum atomic E-state index is 12.2. The number of ether oxygens (including phenoxy) is 1. The zero-order chi connectivity index (χ0) is 16.1. The lowest BCUT2D eigenvalue weighted by atomic mass is 9.93. The summed E-state index contributed by atoms with van der Waals surface area (Å²) in [5, 5.41) is 15.4. The number of hydrogen-bond donors (Lipinski definition) is 3. The van der Waals surface area contributed by atoms with Crippen molar-refractivity contribution < 1.29 is 14.6 Å². The van der Waals surface area contributed by atoms with Gasteiger partial charge in [0.1, 0.15) is 5.75 Å². The Bertz CT molecular complexity index is 521. The lowest BCUT2D eigenvalue weighted by Crippen LogP contribution is -2.40. The number of para-hydroxylation sites is 2. The minimum atomic E-state index is -0.211. The van der Waals surface area contributed by atoms with Crippen molar-refractivity contribution >= 4 is 11.7 Å². The van der Waals surface area contributed by atoms with Crippen LogP contribution in [0.4, 0.5) is 10.5 Å². The van der Waals surface area contributed by atoms with Gasteiger partial charge in [-0.05, 0) is 63.5 Å². The summed E-state index contributed by atoms with van der Waals surface area (Å²) in [6.07, 6.45) is 7.83. The normalized spacial score (nSPS) is 25.1. The van der Waals surface area contributed by atoms with Gasteiger partial charge in [0.2, 0.25) is 0 Å². The molecule has 0 atom stereocenters. The van der Waals surface area contributed by atoms with Crippen molar-refractivity contribution in [2.75, 3.05) is 5.32 Å². The summed E-state index contributed by atoms with van der Waals surface area (Å²) in [6.45, 7) is 0. The number of urea groups is 1. The molecule has 0 bridgehead atoms. The number of anilines is 1. The first-order valence-electron chi connectivity index (χ1n) is 8.72. The predicted octanol–water partition coefficient (Wildman–Crippen LogP) is 3.43. The topological polar surface area (TPSA) is 70.6 Å². The minimum absolute atomic E-state index is 0.140. The standard InChI is InChI=1S/C18H26N2O3/c21-14-11-9-13(10-12-14)19-18(22)20-16-7-3-4-8-17(16)23-15-5-1-2-6-15/h3-4,7-8,13-15,21H,1-2,5-6,9-12H2,(H2,19,20,22). The molecule has 0 aliphatic heterocycles. The van der Waals surface area contributed by atoms with Crippen LogP contribution in [0.25, 0.3) is 0 Å². The van der Waals surface area contributed by atoms with Gasteiger partial charge in [-0.25, -0.2) is 4.79 Å². The molecule has 2 fully saturated rings. The highest BCUT2D eigenvalue weighted by Gasteiger charge is 2.22. The SMILES string of the molecule is O=C(Nc1ccccc1OC1CCCC1)NC1CCC(O)CC1. The van der Waals surface area contributed by atoms with Gasteiger partial charge in [0, 0.05) is 6.04 Å². The molecule has 2 aliphatic rings. The second-order valence-electron chi connectivity index (χ2n) is 6.62. The number of benzene rings is 1. The van der Waals surface area contributed by atoms with Crippen molar-refractivity contribution in [3.8, 4) is 5.75 Å². The van der Waals surface area contributed by atoms with E-state index in [-0.39, 0.29) is 24.3 Å². The summed E-state index contributed by atoms with van der Waals surface area (Å²) in [5.41, 5.74) is 0.716. The highest BCUT2D eigenvalue weighted by molar-refractivity contribution is 5.91. The lowest BCUT2D eigenvalue weighted by molar-refractivity contribution is 0.118. The van der Waals surface area contributed by atoms with E-state index in [0.717, 1.165) is 44.3 Å². The van der Waals surface area contributed by atoms with Gasteiger partial charge in [-0.3, -0.25) is 0 Å². The van der Waals surface area contributed by atoms with Gasteiger partial charge in [0.15, 0.2) is 0 Å². The van der Waals surface area contributed by atoms with Crippen molar-refractivity contribution in [3.05, 3.63) is 24.3 Å². The van der Waals surface area contributed by atoms with Crippen molar-refractivity contribution in [2.45, 2.75) is 69.6 Å². The van der Waals surface area contributed by atoms with Crippen molar-refractivity contribution in [3.63, 3.8) is 0 Å². The van der Waals surface area contributed by atoms with Crippen LogP contribution in [-0.2, 0) is 0 Å². The largest absolute Gasteiger partial charge is 0.488 e. The van der Waals surface area contributed by atoms with Gasteiger partial charge >= 0.3 is 6.03 Å². The summed E-state index contributed by atoms with van der Waals surface area (Å²) >= 11 is 0. The molecular formula is C18H26N2O3. The Morgan fingerprint density at radius 2 is 1.74 bits per heavy atom. The fourth-order valence-corrected chi connectivity index (χ4v) is 3.42. The van der Waals surface area contributed by atoms with Gasteiger partial charge in [0.05, 0.1) is 17.9 Å². The number of aliphatic hydroxyl groups is 1. The summed E-state index contributed by atoms with van der Waals surface area (Å²) < 4.78 is 6.04. The molecule has 0 unspecified atom stereocenters. The first-order valence-corrected chi connectivity index (χ1v) is 8.72. The van der Waals surface area contributed by atoms with Crippen LogP contribution in [-0.4, -0.2) is 29.4 Å². The molecule has 3 rings (SSSR count). The van der Waals surface area contributed by atoms with Gasteiger partial charge in [-0.15, -0.1) is 0 Å². The summed E-state index contributed by atoms with van der Waals surface area (Å²) in [7, 11) is 0. The van der Waals surface area contributed by atoms with Gasteiger partial charge in [0.25, 0.3) is 0 Å². The number of nitrogens with one attached hydrogen (secondary N) is 2. The van der Waals surface area contributed by atoms with E-state index in [2.05, 4.69) is 10.6 Å². The van der Waals surface area contributed by atoms with E-state index >= 15 is 0 Å². The molecule has 1 aromatic carbocycles. The quantitative estimate of drug-likeness (QED) is 0.796. The summed E-state index contributed by atoms with van der Waals surface area (Å²) in [4.78, 5) is 12.2. The zero-order valence-corrected chi connectivity index (χ0v) is 13.5. The summed E-state index contributed by atoms with van der Waals surface area (Å²) in [5.74, 6) is 0.744. The van der Waals surface area contributed by atoms with Crippen molar-refractivity contribution in [1.29, 1.82) is 0 Å². The van der Waals surface area contributed by atoms with E-state index in [1.54, 1.807) is 0 Å². The molecule has 0 radical (unpaired) electrons. The first kappa shape index (κ1) is 16.1. The molecule has 3 N–H and O–H groups in total. The Hall–Kier alpha value is -1.75. The fraction of sp³-hybridized carbons (Fsp3) is 0.611. The molecule has 5 nitrogen and oxygen atoms in total. The van der Waals surface area contributed by atoms with E-state index in [9.17, 15) is 9.90 Å². The van der Waals surface area contributed by atoms with Crippen LogP contribution in [0.1, 0.15) is 51.4 Å². The van der Waals surface area contributed by atoms with E-state index in [4.69, 9.17) is 4.74 Å². The third-order valence-electron chi connectivity index (χ3n) is 4.76.